The largest absolute Gasteiger partial charge is 0.398 e. The molecule has 1 amide bonds. The highest BCUT2D eigenvalue weighted by atomic mass is 35.5. The zero-order valence-electron chi connectivity index (χ0n) is 12.4. The van der Waals surface area contributed by atoms with Gasteiger partial charge in [0, 0.05) is 22.6 Å². The minimum atomic E-state index is 0.486. The van der Waals surface area contributed by atoms with Gasteiger partial charge in [-0.15, -0.1) is 0 Å². The number of H-pyrrole nitrogens is 1. The van der Waals surface area contributed by atoms with Gasteiger partial charge in [0.05, 0.1) is 11.3 Å². The van der Waals surface area contributed by atoms with Crippen molar-refractivity contribution in [3.8, 4) is 0 Å². The summed E-state index contributed by atoms with van der Waals surface area (Å²) >= 11 is 11.1. The van der Waals surface area contributed by atoms with E-state index in [1.165, 1.54) is 11.2 Å². The van der Waals surface area contributed by atoms with E-state index in [1.807, 2.05) is 6.92 Å². The Kier molecular flexibility index (Phi) is 5.67. The first-order valence-electron chi connectivity index (χ1n) is 6.74. The molecule has 0 aliphatic rings. The molecule has 2 aromatic rings. The van der Waals surface area contributed by atoms with Crippen molar-refractivity contribution in [3.63, 3.8) is 0 Å². The van der Waals surface area contributed by atoms with Crippen molar-refractivity contribution in [1.82, 2.24) is 4.98 Å². The first-order chi connectivity index (χ1) is 11.1. The topological polar surface area (TPSA) is 74.5 Å². The number of halogens is 1. The van der Waals surface area contributed by atoms with Crippen LogP contribution in [0.4, 0.5) is 11.4 Å². The second kappa shape index (κ2) is 7.71. The zero-order valence-corrected chi connectivity index (χ0v) is 13.9. The monoisotopic (exact) mass is 346 g/mol. The zero-order chi connectivity index (χ0) is 16.8. The predicted octanol–water partition coefficient (Wildman–Crippen LogP) is 4.03. The third-order valence-electron chi connectivity index (χ3n) is 3.08. The van der Waals surface area contributed by atoms with Crippen LogP contribution in [0.25, 0.3) is 5.70 Å². The Hall–Kier alpha value is -2.44. The summed E-state index contributed by atoms with van der Waals surface area (Å²) in [5.41, 5.74) is 8.33. The molecule has 0 atom stereocenters. The number of carbonyl (C=O) groups excluding carboxylic acids is 1. The number of aromatic nitrogens is 1. The van der Waals surface area contributed by atoms with Gasteiger partial charge in [-0.3, -0.25) is 9.69 Å². The average molecular weight is 347 g/mol. The lowest BCUT2D eigenvalue weighted by Crippen LogP contribution is -2.18. The van der Waals surface area contributed by atoms with Crippen LogP contribution in [0.1, 0.15) is 12.5 Å². The number of nitrogens with one attached hydrogen (secondary N) is 1. The summed E-state index contributed by atoms with van der Waals surface area (Å²) in [5, 5.41) is 0.592. The molecule has 23 heavy (non-hydrogen) atoms. The van der Waals surface area contributed by atoms with E-state index in [-0.39, 0.29) is 0 Å². The number of aromatic amines is 1. The molecular weight excluding hydrogens is 332 g/mol. The SMILES string of the molecule is C/C=C(\N=CN(C=O)c1ccc(Cl)cc1)c1c(N)cc[nH]c1=S. The highest BCUT2D eigenvalue weighted by molar-refractivity contribution is 7.71. The van der Waals surface area contributed by atoms with E-state index in [0.29, 0.717) is 38.7 Å². The molecule has 0 saturated heterocycles. The van der Waals surface area contributed by atoms with Gasteiger partial charge in [0.1, 0.15) is 11.0 Å². The molecule has 118 valence electrons. The van der Waals surface area contributed by atoms with Crippen LogP contribution in [0.3, 0.4) is 0 Å². The summed E-state index contributed by atoms with van der Waals surface area (Å²) in [6, 6.07) is 8.55. The third kappa shape index (κ3) is 4.06. The molecule has 0 radical (unpaired) electrons. The van der Waals surface area contributed by atoms with E-state index >= 15 is 0 Å². The molecule has 0 saturated carbocycles. The lowest BCUT2D eigenvalue weighted by Gasteiger charge is -2.12. The van der Waals surface area contributed by atoms with Crippen LogP contribution < -0.4 is 10.6 Å². The maximum absolute atomic E-state index is 11.3. The Morgan fingerprint density at radius 3 is 2.61 bits per heavy atom. The Balaban J connectivity index is 2.34. The van der Waals surface area contributed by atoms with Crippen LogP contribution in [-0.2, 0) is 4.79 Å². The van der Waals surface area contributed by atoms with Gasteiger partial charge in [0.25, 0.3) is 0 Å². The van der Waals surface area contributed by atoms with Crippen molar-refractivity contribution in [2.24, 2.45) is 4.99 Å². The number of nitrogens with zero attached hydrogens (tertiary/aromatic N) is 2. The summed E-state index contributed by atoms with van der Waals surface area (Å²) in [6.07, 6.45) is 5.52. The minimum Gasteiger partial charge on any atom is -0.398 e. The molecule has 0 bridgehead atoms. The average Bonchev–Trinajstić information content (AvgIpc) is 2.54. The molecule has 3 N–H and O–H groups in total. The molecule has 0 aliphatic carbocycles. The lowest BCUT2D eigenvalue weighted by molar-refractivity contribution is -0.106. The Morgan fingerprint density at radius 2 is 2.04 bits per heavy atom. The smallest absolute Gasteiger partial charge is 0.219 e. The van der Waals surface area contributed by atoms with Gasteiger partial charge >= 0.3 is 0 Å². The van der Waals surface area contributed by atoms with Crippen LogP contribution in [0.5, 0.6) is 0 Å². The van der Waals surface area contributed by atoms with E-state index in [2.05, 4.69) is 9.98 Å². The second-order valence-electron chi connectivity index (χ2n) is 4.54. The minimum absolute atomic E-state index is 0.486. The first kappa shape index (κ1) is 16.9. The van der Waals surface area contributed by atoms with Crippen molar-refractivity contribution < 1.29 is 4.79 Å². The molecule has 2 rings (SSSR count). The molecule has 1 aromatic heterocycles. The van der Waals surface area contributed by atoms with Crippen LogP contribution in [0.2, 0.25) is 5.02 Å². The van der Waals surface area contributed by atoms with E-state index < -0.39 is 0 Å². The molecular formula is C16H15ClN4OS. The number of nitrogen functional groups attached to an aromatic ring is 1. The summed E-state index contributed by atoms with van der Waals surface area (Å²) in [7, 11) is 0. The molecule has 0 unspecified atom stereocenters. The van der Waals surface area contributed by atoms with Crippen LogP contribution >= 0.6 is 23.8 Å². The molecule has 1 aromatic carbocycles. The summed E-state index contributed by atoms with van der Waals surface area (Å²) in [4.78, 5) is 19.9. The number of rotatable bonds is 5. The van der Waals surface area contributed by atoms with Gasteiger partial charge in [-0.1, -0.05) is 29.9 Å². The van der Waals surface area contributed by atoms with Crippen LogP contribution in [-0.4, -0.2) is 17.7 Å². The molecule has 1 heterocycles. The lowest BCUT2D eigenvalue weighted by atomic mass is 10.2. The molecule has 5 nitrogen and oxygen atoms in total. The van der Waals surface area contributed by atoms with E-state index in [9.17, 15) is 4.79 Å². The number of nitrogens with two attached hydrogens (primary N) is 1. The summed E-state index contributed by atoms with van der Waals surface area (Å²) in [5.74, 6) is 0. The van der Waals surface area contributed by atoms with Gasteiger partial charge in [0.15, 0.2) is 0 Å². The number of amides is 1. The summed E-state index contributed by atoms with van der Waals surface area (Å²) < 4.78 is 0.486. The van der Waals surface area contributed by atoms with Crippen LogP contribution in [0.15, 0.2) is 47.6 Å². The number of carbonyl (C=O) groups is 1. The molecule has 0 spiro atoms. The number of benzene rings is 1. The number of allylic oxidation sites excluding steroid dienone is 1. The predicted molar refractivity (Wildman–Crippen MR) is 98.2 cm³/mol. The number of aliphatic imine (C=N–C) groups is 1. The standard InChI is InChI=1S/C16H15ClN4OS/c1-2-14(15-13(18)7-8-19-16(15)23)20-9-21(10-22)12-5-3-11(17)4-6-12/h2-10H,1H3,(H3,18,19,23)/b14-2-,20-9?. The quantitative estimate of drug-likeness (QED) is 0.371. The fraction of sp³-hybridized carbons (Fsp3) is 0.0625. The first-order valence-corrected chi connectivity index (χ1v) is 7.52. The van der Waals surface area contributed by atoms with Gasteiger partial charge in [-0.25, -0.2) is 4.99 Å². The molecule has 0 fully saturated rings. The Labute approximate surface area is 144 Å². The van der Waals surface area contributed by atoms with Crippen molar-refractivity contribution in [3.05, 3.63) is 57.8 Å². The van der Waals surface area contributed by atoms with E-state index in [1.54, 1.807) is 42.6 Å². The highest BCUT2D eigenvalue weighted by Gasteiger charge is 2.07. The summed E-state index contributed by atoms with van der Waals surface area (Å²) in [6.45, 7) is 1.82. The number of hydrogen-bond donors (Lipinski definition) is 2. The maximum atomic E-state index is 11.3. The maximum Gasteiger partial charge on any atom is 0.219 e. The van der Waals surface area contributed by atoms with Gasteiger partial charge < -0.3 is 10.7 Å². The molecule has 0 aliphatic heterocycles. The van der Waals surface area contributed by atoms with E-state index in [0.717, 1.165) is 0 Å². The second-order valence-corrected chi connectivity index (χ2v) is 5.39. The normalized spacial score (nSPS) is 11.7. The number of hydrogen-bond acceptors (Lipinski definition) is 4. The van der Waals surface area contributed by atoms with E-state index in [4.69, 9.17) is 29.6 Å². The molecule has 7 heteroatoms. The highest BCUT2D eigenvalue weighted by Crippen LogP contribution is 2.23. The van der Waals surface area contributed by atoms with Gasteiger partial charge in [-0.05, 0) is 37.3 Å². The van der Waals surface area contributed by atoms with Gasteiger partial charge in [-0.2, -0.15) is 0 Å². The Bertz CT molecular complexity index is 812. The number of pyridine rings is 1. The number of anilines is 2. The fourth-order valence-corrected chi connectivity index (χ4v) is 2.35. The Morgan fingerprint density at radius 1 is 1.35 bits per heavy atom. The third-order valence-corrected chi connectivity index (χ3v) is 3.66. The fourth-order valence-electron chi connectivity index (χ4n) is 1.93. The van der Waals surface area contributed by atoms with Crippen molar-refractivity contribution in [1.29, 1.82) is 0 Å². The van der Waals surface area contributed by atoms with Crippen molar-refractivity contribution in [2.75, 3.05) is 10.6 Å². The van der Waals surface area contributed by atoms with Crippen molar-refractivity contribution >= 4 is 53.6 Å². The van der Waals surface area contributed by atoms with Crippen molar-refractivity contribution in [2.45, 2.75) is 6.92 Å². The van der Waals surface area contributed by atoms with Crippen LogP contribution in [0, 0.1) is 4.64 Å². The van der Waals surface area contributed by atoms with Gasteiger partial charge in [0.2, 0.25) is 6.41 Å².